The highest BCUT2D eigenvalue weighted by atomic mass is 32.2. The molecule has 82 valence electrons. The van der Waals surface area contributed by atoms with Crippen molar-refractivity contribution in [3.05, 3.63) is 0 Å². The van der Waals surface area contributed by atoms with Crippen molar-refractivity contribution in [3.63, 3.8) is 0 Å². The predicted molar refractivity (Wildman–Crippen MR) is 61.6 cm³/mol. The van der Waals surface area contributed by atoms with E-state index >= 15 is 0 Å². The Morgan fingerprint density at radius 3 is 3.00 bits per heavy atom. The summed E-state index contributed by atoms with van der Waals surface area (Å²) in [6.45, 7) is 6.85. The molecule has 4 heteroatoms. The van der Waals surface area contributed by atoms with Crippen molar-refractivity contribution in [2.45, 2.75) is 19.9 Å². The normalized spacial score (nSPS) is 24.8. The van der Waals surface area contributed by atoms with Crippen LogP contribution in [0.25, 0.3) is 0 Å². The quantitative estimate of drug-likeness (QED) is 0.757. The summed E-state index contributed by atoms with van der Waals surface area (Å²) in [5.74, 6) is 1.40. The smallest absolute Gasteiger partial charge is 0.226 e. The summed E-state index contributed by atoms with van der Waals surface area (Å²) in [6, 6.07) is 0.348. The van der Waals surface area contributed by atoms with E-state index in [1.807, 2.05) is 18.1 Å². The number of carbonyl (C=O) groups excluding carboxylic acids is 1. The van der Waals surface area contributed by atoms with Gasteiger partial charge in [-0.05, 0) is 13.2 Å². The number of piperazine rings is 1. The third kappa shape index (κ3) is 2.89. The molecule has 3 nitrogen and oxygen atoms in total. The van der Waals surface area contributed by atoms with Gasteiger partial charge in [-0.15, -0.1) is 0 Å². The van der Waals surface area contributed by atoms with Crippen LogP contribution in [0.5, 0.6) is 0 Å². The summed E-state index contributed by atoms with van der Waals surface area (Å²) in [5.41, 5.74) is 0. The van der Waals surface area contributed by atoms with Crippen LogP contribution in [0.3, 0.4) is 0 Å². The van der Waals surface area contributed by atoms with Gasteiger partial charge in [0.15, 0.2) is 0 Å². The van der Waals surface area contributed by atoms with Crippen molar-refractivity contribution < 1.29 is 4.79 Å². The van der Waals surface area contributed by atoms with Crippen molar-refractivity contribution in [2.24, 2.45) is 5.92 Å². The Labute approximate surface area is 90.6 Å². The Hall–Kier alpha value is -0.220. The lowest BCUT2D eigenvalue weighted by atomic mass is 10.1. The fourth-order valence-corrected chi connectivity index (χ4v) is 2.42. The molecule has 0 aromatic heterocycles. The minimum Gasteiger partial charge on any atom is -0.337 e. The van der Waals surface area contributed by atoms with Crippen LogP contribution in [-0.2, 0) is 4.79 Å². The SMILES string of the molecule is CSCC(C)C(=O)N1CCNC[C@H]1C. The monoisotopic (exact) mass is 216 g/mol. The largest absolute Gasteiger partial charge is 0.337 e. The molecule has 0 aliphatic carbocycles. The first-order chi connectivity index (χ1) is 6.66. The molecule has 0 aromatic rings. The van der Waals surface area contributed by atoms with Crippen molar-refractivity contribution >= 4 is 17.7 Å². The molecule has 1 N–H and O–H groups in total. The molecule has 1 heterocycles. The second kappa shape index (κ2) is 5.61. The van der Waals surface area contributed by atoms with Gasteiger partial charge in [-0.25, -0.2) is 0 Å². The second-order valence-corrected chi connectivity index (χ2v) is 4.85. The molecule has 0 aromatic carbocycles. The molecule has 0 radical (unpaired) electrons. The zero-order chi connectivity index (χ0) is 10.6. The highest BCUT2D eigenvalue weighted by molar-refractivity contribution is 7.98. The lowest BCUT2D eigenvalue weighted by molar-refractivity contribution is -0.137. The first-order valence-electron chi connectivity index (χ1n) is 5.17. The average Bonchev–Trinajstić information content (AvgIpc) is 2.18. The Balaban J connectivity index is 2.49. The third-order valence-electron chi connectivity index (χ3n) is 2.62. The molecule has 1 rings (SSSR count). The van der Waals surface area contributed by atoms with Gasteiger partial charge in [0.05, 0.1) is 0 Å². The second-order valence-electron chi connectivity index (χ2n) is 3.94. The third-order valence-corrected chi connectivity index (χ3v) is 3.46. The van der Waals surface area contributed by atoms with Crippen LogP contribution in [0.4, 0.5) is 0 Å². The maximum atomic E-state index is 12.0. The molecule has 1 amide bonds. The highest BCUT2D eigenvalue weighted by Crippen LogP contribution is 2.12. The van der Waals surface area contributed by atoms with Crippen LogP contribution in [0.1, 0.15) is 13.8 Å². The standard InChI is InChI=1S/C10H20N2OS/c1-8(7-14-3)10(13)12-5-4-11-6-9(12)2/h8-9,11H,4-7H2,1-3H3/t8?,9-/m1/s1. The van der Waals surface area contributed by atoms with Gasteiger partial charge < -0.3 is 10.2 Å². The van der Waals surface area contributed by atoms with E-state index in [0.29, 0.717) is 11.9 Å². The average molecular weight is 216 g/mol. The van der Waals surface area contributed by atoms with Crippen LogP contribution in [-0.4, -0.2) is 48.5 Å². The summed E-state index contributed by atoms with van der Waals surface area (Å²) < 4.78 is 0. The van der Waals surface area contributed by atoms with E-state index in [2.05, 4.69) is 12.2 Å². The predicted octanol–water partition coefficient (Wildman–Crippen LogP) is 0.806. The number of nitrogens with zero attached hydrogens (tertiary/aromatic N) is 1. The van der Waals surface area contributed by atoms with Gasteiger partial charge in [0.1, 0.15) is 0 Å². The molecule has 2 atom stereocenters. The van der Waals surface area contributed by atoms with Gasteiger partial charge in [-0.3, -0.25) is 4.79 Å². The molecule has 1 aliphatic heterocycles. The Kier molecular flexibility index (Phi) is 4.75. The first kappa shape index (κ1) is 11.9. The zero-order valence-corrected chi connectivity index (χ0v) is 10.1. The molecule has 1 saturated heterocycles. The lowest BCUT2D eigenvalue weighted by Crippen LogP contribution is -2.53. The summed E-state index contributed by atoms with van der Waals surface area (Å²) in [5, 5.41) is 3.29. The minimum absolute atomic E-state index is 0.158. The summed E-state index contributed by atoms with van der Waals surface area (Å²) >= 11 is 1.74. The lowest BCUT2D eigenvalue weighted by Gasteiger charge is -2.35. The molecule has 0 bridgehead atoms. The van der Waals surface area contributed by atoms with Gasteiger partial charge >= 0.3 is 0 Å². The van der Waals surface area contributed by atoms with Crippen molar-refractivity contribution in [3.8, 4) is 0 Å². The molecule has 1 unspecified atom stereocenters. The fourth-order valence-electron chi connectivity index (χ4n) is 1.77. The van der Waals surface area contributed by atoms with E-state index in [1.54, 1.807) is 11.8 Å². The van der Waals surface area contributed by atoms with E-state index in [1.165, 1.54) is 0 Å². The maximum Gasteiger partial charge on any atom is 0.226 e. The van der Waals surface area contributed by atoms with E-state index < -0.39 is 0 Å². The van der Waals surface area contributed by atoms with Crippen LogP contribution in [0.2, 0.25) is 0 Å². The number of nitrogens with one attached hydrogen (secondary N) is 1. The Bertz CT molecular complexity index is 199. The Morgan fingerprint density at radius 1 is 1.71 bits per heavy atom. The molecule has 1 fully saturated rings. The van der Waals surface area contributed by atoms with Crippen LogP contribution >= 0.6 is 11.8 Å². The number of amides is 1. The topological polar surface area (TPSA) is 32.3 Å². The van der Waals surface area contributed by atoms with Gasteiger partial charge in [0.2, 0.25) is 5.91 Å². The van der Waals surface area contributed by atoms with Gasteiger partial charge in [-0.1, -0.05) is 6.92 Å². The molecular weight excluding hydrogens is 196 g/mol. The van der Waals surface area contributed by atoms with Crippen LogP contribution < -0.4 is 5.32 Å². The number of hydrogen-bond donors (Lipinski definition) is 1. The first-order valence-corrected chi connectivity index (χ1v) is 6.56. The summed E-state index contributed by atoms with van der Waals surface area (Å²) in [6.07, 6.45) is 2.05. The molecule has 0 saturated carbocycles. The Morgan fingerprint density at radius 2 is 2.43 bits per heavy atom. The van der Waals surface area contributed by atoms with E-state index in [9.17, 15) is 4.79 Å². The van der Waals surface area contributed by atoms with E-state index in [4.69, 9.17) is 0 Å². The summed E-state index contributed by atoms with van der Waals surface area (Å²) in [4.78, 5) is 14.0. The van der Waals surface area contributed by atoms with E-state index in [0.717, 1.165) is 25.4 Å². The molecule has 14 heavy (non-hydrogen) atoms. The van der Waals surface area contributed by atoms with Crippen LogP contribution in [0.15, 0.2) is 0 Å². The zero-order valence-electron chi connectivity index (χ0n) is 9.25. The van der Waals surface area contributed by atoms with Crippen LogP contribution in [0, 0.1) is 5.92 Å². The minimum atomic E-state index is 0.158. The number of carbonyl (C=O) groups is 1. The molecule has 1 aliphatic rings. The highest BCUT2D eigenvalue weighted by Gasteiger charge is 2.26. The van der Waals surface area contributed by atoms with Crippen molar-refractivity contribution in [2.75, 3.05) is 31.6 Å². The fraction of sp³-hybridized carbons (Fsp3) is 0.900. The number of thioether (sulfide) groups is 1. The van der Waals surface area contributed by atoms with Crippen molar-refractivity contribution in [1.82, 2.24) is 10.2 Å². The molecular formula is C10H20N2OS. The van der Waals surface area contributed by atoms with Gasteiger partial charge in [0.25, 0.3) is 0 Å². The van der Waals surface area contributed by atoms with Crippen molar-refractivity contribution in [1.29, 1.82) is 0 Å². The van der Waals surface area contributed by atoms with E-state index in [-0.39, 0.29) is 5.92 Å². The molecule has 0 spiro atoms. The van der Waals surface area contributed by atoms with Gasteiger partial charge in [-0.2, -0.15) is 11.8 Å². The number of rotatable bonds is 3. The summed E-state index contributed by atoms with van der Waals surface area (Å²) in [7, 11) is 0. The maximum absolute atomic E-state index is 12.0. The van der Waals surface area contributed by atoms with Gasteiger partial charge in [0, 0.05) is 37.3 Å². The number of hydrogen-bond acceptors (Lipinski definition) is 3.